The van der Waals surface area contributed by atoms with Crippen LogP contribution in [0.15, 0.2) is 41.3 Å². The van der Waals surface area contributed by atoms with E-state index in [2.05, 4.69) is 15.2 Å². The van der Waals surface area contributed by atoms with Crippen LogP contribution < -0.4 is 10.7 Å². The van der Waals surface area contributed by atoms with Crippen LogP contribution in [-0.4, -0.2) is 58.6 Å². The van der Waals surface area contributed by atoms with E-state index in [4.69, 9.17) is 4.74 Å². The molecule has 0 radical (unpaired) electrons. The van der Waals surface area contributed by atoms with Crippen LogP contribution in [0.25, 0.3) is 27.2 Å². The van der Waals surface area contributed by atoms with Crippen molar-refractivity contribution < 1.29 is 9.66 Å². The first-order valence-electron chi connectivity index (χ1n) is 9.52. The van der Waals surface area contributed by atoms with Crippen molar-refractivity contribution in [1.82, 2.24) is 14.3 Å². The molecular formula is C20H19N5O4. The van der Waals surface area contributed by atoms with E-state index in [1.165, 1.54) is 16.5 Å². The quantitative estimate of drug-likeness (QED) is 0.409. The second kappa shape index (κ2) is 6.94. The van der Waals surface area contributed by atoms with Crippen LogP contribution in [0.2, 0.25) is 0 Å². The van der Waals surface area contributed by atoms with Crippen molar-refractivity contribution in [3.8, 4) is 0 Å². The summed E-state index contributed by atoms with van der Waals surface area (Å²) in [6.45, 7) is 4.88. The van der Waals surface area contributed by atoms with Gasteiger partial charge in [0.05, 0.1) is 18.6 Å². The van der Waals surface area contributed by atoms with Gasteiger partial charge in [-0.25, -0.2) is 4.98 Å². The van der Waals surface area contributed by atoms with Crippen LogP contribution >= 0.6 is 0 Å². The number of hydrogen-bond donors (Lipinski definition) is 1. The van der Waals surface area contributed by atoms with Crippen molar-refractivity contribution in [2.45, 2.75) is 0 Å². The van der Waals surface area contributed by atoms with Crippen LogP contribution in [0, 0.1) is 10.1 Å². The highest BCUT2D eigenvalue weighted by Gasteiger charge is 2.23. The molecule has 1 aliphatic heterocycles. The highest BCUT2D eigenvalue weighted by Crippen LogP contribution is 2.32. The van der Waals surface area contributed by atoms with Crippen LogP contribution in [0.1, 0.15) is 0 Å². The van der Waals surface area contributed by atoms with Crippen LogP contribution in [0.5, 0.6) is 0 Å². The number of fused-ring (bicyclic) bond motifs is 2. The molecule has 1 aliphatic rings. The Labute approximate surface area is 165 Å². The number of morpholine rings is 1. The Morgan fingerprint density at radius 1 is 1.14 bits per heavy atom. The van der Waals surface area contributed by atoms with Gasteiger partial charge in [-0.3, -0.25) is 9.69 Å². The van der Waals surface area contributed by atoms with Gasteiger partial charge in [0, 0.05) is 49.2 Å². The Morgan fingerprint density at radius 3 is 2.76 bits per heavy atom. The zero-order valence-corrected chi connectivity index (χ0v) is 15.6. The fraction of sp³-hybridized carbons (Fsp3) is 0.300. The Kier molecular flexibility index (Phi) is 4.26. The van der Waals surface area contributed by atoms with Gasteiger partial charge in [-0.1, -0.05) is 12.1 Å². The highest BCUT2D eigenvalue weighted by molar-refractivity contribution is 6.13. The van der Waals surface area contributed by atoms with Gasteiger partial charge < -0.3 is 20.2 Å². The van der Waals surface area contributed by atoms with Crippen molar-refractivity contribution in [3.63, 3.8) is 0 Å². The molecule has 3 aromatic heterocycles. The molecule has 4 heterocycles. The zero-order chi connectivity index (χ0) is 20.0. The third kappa shape index (κ3) is 2.86. The van der Waals surface area contributed by atoms with Gasteiger partial charge >= 0.3 is 5.82 Å². The Bertz CT molecular complexity index is 1280. The average molecular weight is 393 g/mol. The van der Waals surface area contributed by atoms with Gasteiger partial charge in [0.1, 0.15) is 11.3 Å². The van der Waals surface area contributed by atoms with Crippen LogP contribution in [0.3, 0.4) is 0 Å². The normalized spacial score (nSPS) is 15.4. The maximum Gasteiger partial charge on any atom is 0.328 e. The number of nitrogens with one attached hydrogen (secondary N) is 1. The number of aromatic nitrogens is 2. The zero-order valence-electron chi connectivity index (χ0n) is 15.6. The summed E-state index contributed by atoms with van der Waals surface area (Å²) in [7, 11) is 0. The summed E-state index contributed by atoms with van der Waals surface area (Å²) in [5.41, 5.74) is 0.656. The number of hydrogen-bond acceptors (Lipinski definition) is 7. The van der Waals surface area contributed by atoms with Crippen LogP contribution in [0.4, 0.5) is 11.6 Å². The molecule has 0 aliphatic carbocycles. The molecule has 1 saturated heterocycles. The van der Waals surface area contributed by atoms with Gasteiger partial charge in [-0.15, -0.1) is 0 Å². The summed E-state index contributed by atoms with van der Waals surface area (Å²) < 4.78 is 6.79. The number of rotatable bonds is 5. The summed E-state index contributed by atoms with van der Waals surface area (Å²) >= 11 is 0. The minimum Gasteiger partial charge on any atom is -0.379 e. The molecule has 0 atom stereocenters. The van der Waals surface area contributed by atoms with Gasteiger partial charge in [0.25, 0.3) is 0 Å². The Hall–Kier alpha value is -3.30. The molecule has 0 amide bonds. The van der Waals surface area contributed by atoms with E-state index in [1.54, 1.807) is 12.3 Å². The molecule has 5 rings (SSSR count). The second-order valence-electron chi connectivity index (χ2n) is 7.10. The first kappa shape index (κ1) is 17.8. The van der Waals surface area contributed by atoms with Gasteiger partial charge in [-0.05, 0) is 17.1 Å². The summed E-state index contributed by atoms with van der Waals surface area (Å²) in [6, 6.07) is 8.38. The summed E-state index contributed by atoms with van der Waals surface area (Å²) in [6.07, 6.45) is 1.56. The maximum atomic E-state index is 12.9. The predicted molar refractivity (Wildman–Crippen MR) is 110 cm³/mol. The molecule has 0 saturated carbocycles. The summed E-state index contributed by atoms with van der Waals surface area (Å²) in [4.78, 5) is 30.7. The molecule has 0 unspecified atom stereocenters. The predicted octanol–water partition coefficient (Wildman–Crippen LogP) is 2.09. The van der Waals surface area contributed by atoms with Crippen LogP contribution in [-0.2, 0) is 4.74 Å². The molecule has 9 nitrogen and oxygen atoms in total. The van der Waals surface area contributed by atoms with Crippen molar-refractivity contribution in [2.24, 2.45) is 0 Å². The van der Waals surface area contributed by atoms with Crippen molar-refractivity contribution in [1.29, 1.82) is 0 Å². The van der Waals surface area contributed by atoms with Gasteiger partial charge in [0.15, 0.2) is 5.52 Å². The molecular weight excluding hydrogens is 374 g/mol. The number of anilines is 1. The third-order valence-electron chi connectivity index (χ3n) is 5.48. The fourth-order valence-electron chi connectivity index (χ4n) is 4.08. The molecule has 0 spiro atoms. The lowest BCUT2D eigenvalue weighted by Gasteiger charge is -2.26. The molecule has 29 heavy (non-hydrogen) atoms. The largest absolute Gasteiger partial charge is 0.379 e. The van der Waals surface area contributed by atoms with Crippen molar-refractivity contribution >= 4 is 38.8 Å². The summed E-state index contributed by atoms with van der Waals surface area (Å²) in [5, 5.41) is 16.8. The fourth-order valence-corrected chi connectivity index (χ4v) is 4.08. The monoisotopic (exact) mass is 393 g/mol. The molecule has 148 valence electrons. The van der Waals surface area contributed by atoms with E-state index in [0.29, 0.717) is 28.7 Å². The van der Waals surface area contributed by atoms with E-state index in [9.17, 15) is 14.9 Å². The maximum absolute atomic E-state index is 12.9. The SMILES string of the molecule is O=c1c2cnc(NCCN3CCOCC3)c3cccc(c32)n2c([N+](=O)[O-])ccc12. The number of benzene rings is 1. The molecule has 0 bridgehead atoms. The first-order chi connectivity index (χ1) is 14.1. The minimum atomic E-state index is -0.469. The molecule has 4 aromatic rings. The lowest BCUT2D eigenvalue weighted by molar-refractivity contribution is -0.390. The molecule has 9 heteroatoms. The Balaban J connectivity index is 1.60. The number of pyridine rings is 2. The molecule has 1 fully saturated rings. The van der Waals surface area contributed by atoms with E-state index in [-0.39, 0.29) is 16.8 Å². The average Bonchev–Trinajstić information content (AvgIpc) is 3.19. The van der Waals surface area contributed by atoms with Crippen molar-refractivity contribution in [2.75, 3.05) is 44.7 Å². The summed E-state index contributed by atoms with van der Waals surface area (Å²) in [5.74, 6) is 0.551. The van der Waals surface area contributed by atoms with E-state index in [1.807, 2.05) is 12.1 Å². The molecule has 1 N–H and O–H groups in total. The second-order valence-corrected chi connectivity index (χ2v) is 7.10. The van der Waals surface area contributed by atoms with E-state index in [0.717, 1.165) is 38.2 Å². The topological polar surface area (TPSA) is 102 Å². The van der Waals surface area contributed by atoms with E-state index >= 15 is 0 Å². The molecule has 1 aromatic carbocycles. The minimum absolute atomic E-state index is 0.120. The lowest BCUT2D eigenvalue weighted by Crippen LogP contribution is -2.39. The smallest absolute Gasteiger partial charge is 0.328 e. The van der Waals surface area contributed by atoms with E-state index < -0.39 is 4.92 Å². The lowest BCUT2D eigenvalue weighted by atomic mass is 10.1. The first-order valence-corrected chi connectivity index (χ1v) is 9.52. The number of nitro groups is 1. The number of nitrogens with zero attached hydrogens (tertiary/aromatic N) is 4. The Morgan fingerprint density at radius 2 is 1.97 bits per heavy atom. The van der Waals surface area contributed by atoms with Crippen molar-refractivity contribution in [3.05, 3.63) is 56.9 Å². The van der Waals surface area contributed by atoms with Gasteiger partial charge in [-0.2, -0.15) is 4.40 Å². The number of ether oxygens (including phenoxy) is 1. The standard InChI is InChI=1S/C20H19N5O4/c26-19-14-12-22-20(21-6-7-23-8-10-29-11-9-23)13-2-1-3-15(18(13)14)24-16(19)4-5-17(24)25(27)28/h1-5,12H,6-11H2,(H,21,22). The highest BCUT2D eigenvalue weighted by atomic mass is 16.6. The third-order valence-corrected chi connectivity index (χ3v) is 5.48. The van der Waals surface area contributed by atoms with Gasteiger partial charge in [0.2, 0.25) is 5.43 Å².